The van der Waals surface area contributed by atoms with Crippen molar-refractivity contribution in [2.45, 2.75) is 6.92 Å². The zero-order valence-corrected chi connectivity index (χ0v) is 11.0. The van der Waals surface area contributed by atoms with Gasteiger partial charge in [-0.3, -0.25) is 0 Å². The summed E-state index contributed by atoms with van der Waals surface area (Å²) in [6.07, 6.45) is 6.06. The number of ether oxygens (including phenoxy) is 2. The summed E-state index contributed by atoms with van der Waals surface area (Å²) in [4.78, 5) is 22.0. The van der Waals surface area contributed by atoms with E-state index in [0.717, 1.165) is 11.1 Å². The van der Waals surface area contributed by atoms with Gasteiger partial charge in [-0.25, -0.2) is 9.59 Å². The molecule has 0 saturated carbocycles. The Morgan fingerprint density at radius 1 is 1.00 bits per heavy atom. The SMILES string of the molecule is CCOC(=O)C=Cc1ccc(/C=C/C(=O)OC)cc1. The highest BCUT2D eigenvalue weighted by Crippen LogP contribution is 2.08. The minimum Gasteiger partial charge on any atom is -0.466 e. The summed E-state index contributed by atoms with van der Waals surface area (Å²) < 4.78 is 9.27. The molecule has 19 heavy (non-hydrogen) atoms. The molecule has 0 heterocycles. The van der Waals surface area contributed by atoms with Gasteiger partial charge >= 0.3 is 11.9 Å². The van der Waals surface area contributed by atoms with E-state index in [4.69, 9.17) is 4.74 Å². The molecule has 0 aliphatic heterocycles. The van der Waals surface area contributed by atoms with Crippen LogP contribution in [0.3, 0.4) is 0 Å². The normalized spacial score (nSPS) is 10.8. The van der Waals surface area contributed by atoms with Crippen LogP contribution in [-0.4, -0.2) is 25.7 Å². The summed E-state index contributed by atoms with van der Waals surface area (Å²) in [6.45, 7) is 2.12. The monoisotopic (exact) mass is 260 g/mol. The van der Waals surface area contributed by atoms with Crippen LogP contribution in [0.1, 0.15) is 18.1 Å². The Balaban J connectivity index is 2.64. The van der Waals surface area contributed by atoms with Crippen LogP contribution in [0.4, 0.5) is 0 Å². The molecule has 0 aliphatic carbocycles. The van der Waals surface area contributed by atoms with Crippen LogP contribution in [0.5, 0.6) is 0 Å². The number of carbonyl (C=O) groups excluding carboxylic acids is 2. The Labute approximate surface area is 112 Å². The highest BCUT2D eigenvalue weighted by atomic mass is 16.5. The molecule has 0 saturated heterocycles. The first-order valence-electron chi connectivity index (χ1n) is 5.86. The molecule has 0 aliphatic rings. The molecule has 1 aromatic rings. The lowest BCUT2D eigenvalue weighted by Crippen LogP contribution is -1.98. The topological polar surface area (TPSA) is 52.6 Å². The first-order chi connectivity index (χ1) is 9.15. The second kappa shape index (κ2) is 7.87. The van der Waals surface area contributed by atoms with Gasteiger partial charge in [0.2, 0.25) is 0 Å². The zero-order valence-electron chi connectivity index (χ0n) is 11.0. The maximum atomic E-state index is 11.1. The maximum Gasteiger partial charge on any atom is 0.330 e. The van der Waals surface area contributed by atoms with E-state index >= 15 is 0 Å². The lowest BCUT2D eigenvalue weighted by molar-refractivity contribution is -0.137. The fourth-order valence-corrected chi connectivity index (χ4v) is 1.31. The van der Waals surface area contributed by atoms with Gasteiger partial charge in [0.15, 0.2) is 0 Å². The predicted octanol–water partition coefficient (Wildman–Crippen LogP) is 2.45. The van der Waals surface area contributed by atoms with Crippen LogP contribution in [0, 0.1) is 0 Å². The Hall–Kier alpha value is -2.36. The second-order valence-electron chi connectivity index (χ2n) is 3.61. The number of hydrogen-bond acceptors (Lipinski definition) is 4. The molecular weight excluding hydrogens is 244 g/mol. The van der Waals surface area contributed by atoms with E-state index in [1.807, 2.05) is 24.3 Å². The van der Waals surface area contributed by atoms with Gasteiger partial charge in [0.1, 0.15) is 0 Å². The van der Waals surface area contributed by atoms with E-state index in [1.165, 1.54) is 19.3 Å². The third kappa shape index (κ3) is 5.68. The molecular formula is C15H16O4. The van der Waals surface area contributed by atoms with Crippen molar-refractivity contribution in [1.82, 2.24) is 0 Å². The summed E-state index contributed by atoms with van der Waals surface area (Å²) in [6, 6.07) is 7.36. The van der Waals surface area contributed by atoms with Crippen LogP contribution >= 0.6 is 0 Å². The minimum atomic E-state index is -0.397. The summed E-state index contributed by atoms with van der Waals surface area (Å²) >= 11 is 0. The van der Waals surface area contributed by atoms with Crippen molar-refractivity contribution in [3.05, 3.63) is 47.5 Å². The average Bonchev–Trinajstić information content (AvgIpc) is 2.44. The molecule has 0 atom stereocenters. The van der Waals surface area contributed by atoms with Gasteiger partial charge in [0.25, 0.3) is 0 Å². The first-order valence-corrected chi connectivity index (χ1v) is 5.86. The average molecular weight is 260 g/mol. The van der Waals surface area contributed by atoms with Crippen molar-refractivity contribution in [1.29, 1.82) is 0 Å². The molecule has 4 heteroatoms. The molecule has 100 valence electrons. The van der Waals surface area contributed by atoms with Gasteiger partial charge in [-0.2, -0.15) is 0 Å². The van der Waals surface area contributed by atoms with Gasteiger partial charge in [-0.05, 0) is 30.2 Å². The molecule has 0 amide bonds. The van der Waals surface area contributed by atoms with E-state index in [2.05, 4.69) is 4.74 Å². The highest BCUT2D eigenvalue weighted by Gasteiger charge is 1.95. The minimum absolute atomic E-state index is 0.362. The Kier molecular flexibility index (Phi) is 6.09. The third-order valence-corrected chi connectivity index (χ3v) is 2.25. The molecule has 0 aromatic heterocycles. The van der Waals surface area contributed by atoms with Gasteiger partial charge < -0.3 is 9.47 Å². The molecule has 1 aromatic carbocycles. The predicted molar refractivity (Wildman–Crippen MR) is 73.2 cm³/mol. The van der Waals surface area contributed by atoms with Crippen LogP contribution < -0.4 is 0 Å². The molecule has 0 radical (unpaired) electrons. The number of hydrogen-bond donors (Lipinski definition) is 0. The molecule has 1 rings (SSSR count). The van der Waals surface area contributed by atoms with Crippen molar-refractivity contribution in [3.63, 3.8) is 0 Å². The van der Waals surface area contributed by atoms with Crippen LogP contribution in [0.2, 0.25) is 0 Å². The number of esters is 2. The van der Waals surface area contributed by atoms with Crippen LogP contribution in [0.25, 0.3) is 12.2 Å². The Morgan fingerprint density at radius 3 is 1.89 bits per heavy atom. The fraction of sp³-hybridized carbons (Fsp3) is 0.200. The molecule has 0 bridgehead atoms. The third-order valence-electron chi connectivity index (χ3n) is 2.25. The molecule has 0 fully saturated rings. The van der Waals surface area contributed by atoms with Crippen molar-refractivity contribution < 1.29 is 19.1 Å². The molecule has 0 N–H and O–H groups in total. The van der Waals surface area contributed by atoms with Crippen molar-refractivity contribution >= 4 is 24.1 Å². The van der Waals surface area contributed by atoms with Crippen molar-refractivity contribution in [2.75, 3.05) is 13.7 Å². The summed E-state index contributed by atoms with van der Waals surface area (Å²) in [5, 5.41) is 0. The Bertz CT molecular complexity index is 483. The van der Waals surface area contributed by atoms with Gasteiger partial charge in [0, 0.05) is 12.2 Å². The highest BCUT2D eigenvalue weighted by molar-refractivity contribution is 5.88. The summed E-state index contributed by atoms with van der Waals surface area (Å²) in [5.74, 6) is -0.761. The molecule has 0 unspecified atom stereocenters. The first kappa shape index (κ1) is 14.7. The zero-order chi connectivity index (χ0) is 14.1. The fourth-order valence-electron chi connectivity index (χ4n) is 1.31. The summed E-state index contributed by atoms with van der Waals surface area (Å²) in [5.41, 5.74) is 1.75. The van der Waals surface area contributed by atoms with Gasteiger partial charge in [0.05, 0.1) is 13.7 Å². The number of benzene rings is 1. The van der Waals surface area contributed by atoms with E-state index in [9.17, 15) is 9.59 Å². The maximum absolute atomic E-state index is 11.1. The van der Waals surface area contributed by atoms with Crippen molar-refractivity contribution in [3.8, 4) is 0 Å². The lowest BCUT2D eigenvalue weighted by Gasteiger charge is -1.97. The van der Waals surface area contributed by atoms with Crippen LogP contribution in [-0.2, 0) is 19.1 Å². The van der Waals surface area contributed by atoms with E-state index < -0.39 is 5.97 Å². The molecule has 0 spiro atoms. The van der Waals surface area contributed by atoms with E-state index in [-0.39, 0.29) is 5.97 Å². The smallest absolute Gasteiger partial charge is 0.330 e. The summed E-state index contributed by atoms with van der Waals surface area (Å²) in [7, 11) is 1.33. The van der Waals surface area contributed by atoms with Gasteiger partial charge in [-0.1, -0.05) is 24.3 Å². The van der Waals surface area contributed by atoms with E-state index in [0.29, 0.717) is 6.61 Å². The molecule has 4 nitrogen and oxygen atoms in total. The quantitative estimate of drug-likeness (QED) is 0.602. The standard InChI is InChI=1S/C15H16O4/c1-3-19-15(17)11-9-13-6-4-12(5-7-13)8-10-14(16)18-2/h4-11H,3H2,1-2H3/b10-8+,11-9?. The largest absolute Gasteiger partial charge is 0.466 e. The number of methoxy groups -OCH3 is 1. The van der Waals surface area contributed by atoms with Crippen LogP contribution in [0.15, 0.2) is 36.4 Å². The van der Waals surface area contributed by atoms with Crippen molar-refractivity contribution in [2.24, 2.45) is 0 Å². The number of rotatable bonds is 5. The van der Waals surface area contributed by atoms with Gasteiger partial charge in [-0.15, -0.1) is 0 Å². The van der Waals surface area contributed by atoms with E-state index in [1.54, 1.807) is 19.1 Å². The second-order valence-corrected chi connectivity index (χ2v) is 3.61. The lowest BCUT2D eigenvalue weighted by atomic mass is 10.1. The Morgan fingerprint density at radius 2 is 1.47 bits per heavy atom. The number of carbonyl (C=O) groups is 2.